The van der Waals surface area contributed by atoms with Gasteiger partial charge in [0.15, 0.2) is 0 Å². The van der Waals surface area contributed by atoms with E-state index in [9.17, 15) is 0 Å². The summed E-state index contributed by atoms with van der Waals surface area (Å²) in [5, 5.41) is 0. The van der Waals surface area contributed by atoms with Crippen molar-refractivity contribution in [3.05, 3.63) is 27.8 Å². The molecule has 0 heterocycles. The fourth-order valence-electron chi connectivity index (χ4n) is 1.69. The molecule has 0 aliphatic heterocycles. The topological polar surface area (TPSA) is 0 Å². The second-order valence-corrected chi connectivity index (χ2v) is 3.75. The molecule has 0 aliphatic rings. The molecule has 0 bridgehead atoms. The number of rotatable bonds is 0. The van der Waals surface area contributed by atoms with Gasteiger partial charge in [0, 0.05) is 0 Å². The quantitative estimate of drug-likeness (QED) is 0.501. The first-order valence-corrected chi connectivity index (χ1v) is 4.50. The molecule has 0 N–H and O–H groups in total. The molecule has 0 saturated heterocycles. The Hall–Kier alpha value is -0.183. The van der Waals surface area contributed by atoms with Crippen LogP contribution in [0.1, 0.15) is 27.8 Å². The molecule has 60 valence electrons. The van der Waals surface area contributed by atoms with Crippen LogP contribution in [0.25, 0.3) is 0 Å². The van der Waals surface area contributed by atoms with Crippen molar-refractivity contribution in [3.8, 4) is 0 Å². The van der Waals surface area contributed by atoms with E-state index in [0.29, 0.717) is 0 Å². The van der Waals surface area contributed by atoms with Gasteiger partial charge < -0.3 is 0 Å². The molecule has 0 aromatic heterocycles. The van der Waals surface area contributed by atoms with Crippen LogP contribution in [0.2, 0.25) is 0 Å². The maximum absolute atomic E-state index is 2.21. The Balaban J connectivity index is 3.60. The molecule has 12 heavy (non-hydrogen) atoms. The Morgan fingerprint density at radius 1 is 0.583 bits per heavy atom. The third kappa shape index (κ3) is 1.35. The van der Waals surface area contributed by atoms with Crippen LogP contribution in [0.5, 0.6) is 0 Å². The van der Waals surface area contributed by atoms with Crippen LogP contribution in [-0.4, -0.2) is 17.7 Å². The predicted octanol–water partition coefficient (Wildman–Crippen LogP) is 2.02. The van der Waals surface area contributed by atoms with Crippen LogP contribution < -0.4 is 4.24 Å². The van der Waals surface area contributed by atoms with E-state index < -0.39 is 0 Å². The Morgan fingerprint density at radius 3 is 1.17 bits per heavy atom. The Labute approximate surface area is 84.6 Å². The Kier molecular flexibility index (Phi) is 2.71. The van der Waals surface area contributed by atoms with Crippen molar-refractivity contribution >= 4 is 22.0 Å². The summed E-state index contributed by atoms with van der Waals surface area (Å²) in [6, 6.07) is 0. The second kappa shape index (κ2) is 3.28. The van der Waals surface area contributed by atoms with Gasteiger partial charge >= 0.3 is 84.4 Å². The third-order valence-electron chi connectivity index (χ3n) is 3.38. The van der Waals surface area contributed by atoms with E-state index in [1.165, 1.54) is 32.1 Å². The molecule has 0 spiro atoms. The first kappa shape index (κ1) is 9.90. The van der Waals surface area contributed by atoms with Gasteiger partial charge in [0.25, 0.3) is 0 Å². The van der Waals surface area contributed by atoms with Gasteiger partial charge in [0.05, 0.1) is 0 Å². The van der Waals surface area contributed by atoms with Crippen LogP contribution in [0, 0.1) is 34.6 Å². The van der Waals surface area contributed by atoms with Gasteiger partial charge in [0.2, 0.25) is 0 Å². The van der Waals surface area contributed by atoms with E-state index in [0.717, 1.165) is 0 Å². The second-order valence-electron chi connectivity index (χ2n) is 3.75. The average molecular weight is 154 g/mol. The SMILES string of the molecule is [Li][c]1c(C)c(C)c(C)c(C)c1C. The van der Waals surface area contributed by atoms with Crippen molar-refractivity contribution < 1.29 is 0 Å². The molecule has 1 rings (SSSR count). The van der Waals surface area contributed by atoms with E-state index in [1.54, 1.807) is 0 Å². The van der Waals surface area contributed by atoms with Crippen molar-refractivity contribution in [1.29, 1.82) is 0 Å². The maximum atomic E-state index is 2.21. The Morgan fingerprint density at radius 2 is 0.833 bits per heavy atom. The normalized spacial score (nSPS) is 10.6. The van der Waals surface area contributed by atoms with Crippen LogP contribution in [0.3, 0.4) is 0 Å². The van der Waals surface area contributed by atoms with Crippen molar-refractivity contribution in [2.24, 2.45) is 0 Å². The van der Waals surface area contributed by atoms with Gasteiger partial charge in [-0.3, -0.25) is 0 Å². The predicted molar refractivity (Wildman–Crippen MR) is 55.5 cm³/mol. The van der Waals surface area contributed by atoms with Crippen LogP contribution >= 0.6 is 0 Å². The third-order valence-corrected chi connectivity index (χ3v) is 3.38. The monoisotopic (exact) mass is 154 g/mol. The van der Waals surface area contributed by atoms with Crippen LogP contribution in [-0.2, 0) is 0 Å². The van der Waals surface area contributed by atoms with E-state index in [4.69, 9.17) is 0 Å². The van der Waals surface area contributed by atoms with E-state index >= 15 is 0 Å². The van der Waals surface area contributed by atoms with Gasteiger partial charge in [-0.05, 0) is 0 Å². The van der Waals surface area contributed by atoms with E-state index in [2.05, 4.69) is 52.3 Å². The summed E-state index contributed by atoms with van der Waals surface area (Å²) in [6.45, 7) is 11.1. The molecule has 0 amide bonds. The summed E-state index contributed by atoms with van der Waals surface area (Å²) in [7, 11) is 0. The first-order chi connectivity index (χ1) is 5.46. The van der Waals surface area contributed by atoms with Gasteiger partial charge in [-0.25, -0.2) is 0 Å². The summed E-state index contributed by atoms with van der Waals surface area (Å²) in [6.07, 6.45) is 0. The summed E-state index contributed by atoms with van der Waals surface area (Å²) in [5.74, 6) is 0. The van der Waals surface area contributed by atoms with Crippen molar-refractivity contribution in [1.82, 2.24) is 0 Å². The Bertz CT molecular complexity index is 219. The summed E-state index contributed by atoms with van der Waals surface area (Å²) in [4.78, 5) is 0. The van der Waals surface area contributed by atoms with Gasteiger partial charge in [-0.1, -0.05) is 0 Å². The molecule has 0 nitrogen and oxygen atoms in total. The molecule has 1 aromatic carbocycles. The van der Waals surface area contributed by atoms with Crippen LogP contribution in [0.15, 0.2) is 0 Å². The van der Waals surface area contributed by atoms with Gasteiger partial charge in [-0.2, -0.15) is 0 Å². The molecule has 1 heteroatoms. The van der Waals surface area contributed by atoms with E-state index in [1.807, 2.05) is 0 Å². The molecule has 0 radical (unpaired) electrons. The van der Waals surface area contributed by atoms with Crippen molar-refractivity contribution in [2.45, 2.75) is 34.6 Å². The summed E-state index contributed by atoms with van der Waals surface area (Å²) >= 11 is 2.21. The number of hydrogen-bond acceptors (Lipinski definition) is 0. The molecule has 1 aromatic rings. The fourth-order valence-corrected chi connectivity index (χ4v) is 1.69. The average Bonchev–Trinajstić information content (AvgIpc) is 2.08. The van der Waals surface area contributed by atoms with Crippen LogP contribution in [0.4, 0.5) is 0 Å². The number of benzene rings is 1. The standard InChI is InChI=1S/C11H15.Li/c1-7-6-8(2)10(4)11(5)9(7)3;/h1-5H3;. The minimum atomic E-state index is 1.45. The molecule has 0 unspecified atom stereocenters. The number of hydrogen-bond donors (Lipinski definition) is 0. The van der Waals surface area contributed by atoms with Crippen molar-refractivity contribution in [3.63, 3.8) is 0 Å². The molecular weight excluding hydrogens is 139 g/mol. The minimum absolute atomic E-state index is 1.45. The zero-order chi connectivity index (χ0) is 9.46. The zero-order valence-electron chi connectivity index (χ0n) is 9.00. The van der Waals surface area contributed by atoms with E-state index in [-0.39, 0.29) is 0 Å². The van der Waals surface area contributed by atoms with Gasteiger partial charge in [0.1, 0.15) is 0 Å². The van der Waals surface area contributed by atoms with Crippen molar-refractivity contribution in [2.75, 3.05) is 0 Å². The first-order valence-electron chi connectivity index (χ1n) is 4.50. The zero-order valence-corrected chi connectivity index (χ0v) is 9.00. The molecule has 0 fully saturated rings. The summed E-state index contributed by atoms with van der Waals surface area (Å²) < 4.78 is 1.45. The molecular formula is C11H15Li. The molecule has 0 aliphatic carbocycles. The molecule has 0 atom stereocenters. The molecule has 0 saturated carbocycles. The summed E-state index contributed by atoms with van der Waals surface area (Å²) in [5.41, 5.74) is 7.27. The fraction of sp³-hybridized carbons (Fsp3) is 0.455. The van der Waals surface area contributed by atoms with Gasteiger partial charge in [-0.15, -0.1) is 0 Å².